The molecule has 106 valence electrons. The third-order valence-corrected chi connectivity index (χ3v) is 4.32. The van der Waals surface area contributed by atoms with Gasteiger partial charge in [-0.1, -0.05) is 27.7 Å². The Morgan fingerprint density at radius 3 is 2.56 bits per heavy atom. The van der Waals surface area contributed by atoms with Crippen LogP contribution in [-0.4, -0.2) is 25.0 Å². The Bertz CT molecular complexity index is 262. The fourth-order valence-corrected chi connectivity index (χ4v) is 2.15. The van der Waals surface area contributed by atoms with Gasteiger partial charge in [-0.05, 0) is 43.6 Å². The Labute approximate surface area is 112 Å². The Morgan fingerprint density at radius 2 is 2.06 bits per heavy atom. The second kappa shape index (κ2) is 6.55. The van der Waals surface area contributed by atoms with Gasteiger partial charge in [-0.15, -0.1) is 0 Å². The molecule has 0 radical (unpaired) electrons. The van der Waals surface area contributed by atoms with Crippen molar-refractivity contribution in [3.05, 3.63) is 0 Å². The molecule has 1 rings (SSSR count). The Balaban J connectivity index is 2.21. The monoisotopic (exact) mass is 254 g/mol. The average molecular weight is 254 g/mol. The first-order valence-corrected chi connectivity index (χ1v) is 7.29. The normalized spacial score (nSPS) is 26.7. The summed E-state index contributed by atoms with van der Waals surface area (Å²) < 4.78 is 0. The smallest absolute Gasteiger partial charge is 0.220 e. The first-order chi connectivity index (χ1) is 8.29. The van der Waals surface area contributed by atoms with E-state index in [2.05, 4.69) is 45.3 Å². The van der Waals surface area contributed by atoms with Crippen molar-refractivity contribution in [2.45, 2.75) is 59.9 Å². The molecule has 0 spiro atoms. The van der Waals surface area contributed by atoms with Crippen LogP contribution in [0.5, 0.6) is 0 Å². The highest BCUT2D eigenvalue weighted by molar-refractivity contribution is 5.76. The molecule has 0 aromatic heterocycles. The molecule has 1 fully saturated rings. The van der Waals surface area contributed by atoms with Crippen LogP contribution < -0.4 is 10.6 Å². The minimum atomic E-state index is 0.205. The van der Waals surface area contributed by atoms with Gasteiger partial charge in [0.25, 0.3) is 0 Å². The lowest BCUT2D eigenvalue weighted by atomic mass is 9.80. The topological polar surface area (TPSA) is 41.1 Å². The molecule has 0 aliphatic carbocycles. The molecular weight excluding hydrogens is 224 g/mol. The van der Waals surface area contributed by atoms with Gasteiger partial charge in [0.2, 0.25) is 5.91 Å². The van der Waals surface area contributed by atoms with Crippen molar-refractivity contribution in [1.82, 2.24) is 10.6 Å². The summed E-state index contributed by atoms with van der Waals surface area (Å²) in [5.41, 5.74) is 0.208. The van der Waals surface area contributed by atoms with Gasteiger partial charge in [0, 0.05) is 19.0 Å². The van der Waals surface area contributed by atoms with Gasteiger partial charge in [-0.25, -0.2) is 0 Å². The largest absolute Gasteiger partial charge is 0.356 e. The van der Waals surface area contributed by atoms with E-state index in [0.717, 1.165) is 13.1 Å². The highest BCUT2D eigenvalue weighted by Crippen LogP contribution is 2.27. The minimum Gasteiger partial charge on any atom is -0.356 e. The Morgan fingerprint density at radius 1 is 1.39 bits per heavy atom. The summed E-state index contributed by atoms with van der Waals surface area (Å²) in [6.45, 7) is 12.8. The molecule has 0 saturated carbocycles. The van der Waals surface area contributed by atoms with Crippen molar-refractivity contribution in [3.8, 4) is 0 Å². The van der Waals surface area contributed by atoms with Crippen LogP contribution in [0.25, 0.3) is 0 Å². The molecule has 2 N–H and O–H groups in total. The maximum absolute atomic E-state index is 11.9. The summed E-state index contributed by atoms with van der Waals surface area (Å²) >= 11 is 0. The van der Waals surface area contributed by atoms with E-state index in [-0.39, 0.29) is 11.3 Å². The summed E-state index contributed by atoms with van der Waals surface area (Å²) in [6, 6.07) is 0.637. The van der Waals surface area contributed by atoms with Crippen LogP contribution in [-0.2, 0) is 4.79 Å². The zero-order valence-electron chi connectivity index (χ0n) is 12.7. The van der Waals surface area contributed by atoms with Gasteiger partial charge in [0.1, 0.15) is 0 Å². The van der Waals surface area contributed by atoms with Crippen LogP contribution in [0.15, 0.2) is 0 Å². The van der Waals surface area contributed by atoms with E-state index in [1.807, 2.05) is 0 Å². The van der Waals surface area contributed by atoms with Crippen LogP contribution in [0.2, 0.25) is 0 Å². The summed E-state index contributed by atoms with van der Waals surface area (Å²) in [5, 5.41) is 6.56. The lowest BCUT2D eigenvalue weighted by molar-refractivity contribution is -0.122. The van der Waals surface area contributed by atoms with Crippen LogP contribution in [0, 0.1) is 17.3 Å². The average Bonchev–Trinajstić information content (AvgIpc) is 2.27. The van der Waals surface area contributed by atoms with Gasteiger partial charge in [-0.2, -0.15) is 0 Å². The number of carbonyl (C=O) groups excluding carboxylic acids is 1. The molecule has 3 nitrogen and oxygen atoms in total. The third-order valence-electron chi connectivity index (χ3n) is 4.32. The van der Waals surface area contributed by atoms with Gasteiger partial charge < -0.3 is 10.6 Å². The van der Waals surface area contributed by atoms with Gasteiger partial charge >= 0.3 is 0 Å². The van der Waals surface area contributed by atoms with Crippen molar-refractivity contribution in [2.24, 2.45) is 17.3 Å². The molecule has 1 aliphatic rings. The lowest BCUT2D eigenvalue weighted by Gasteiger charge is -2.29. The highest BCUT2D eigenvalue weighted by atomic mass is 16.1. The molecule has 3 unspecified atom stereocenters. The number of piperidine rings is 1. The number of amides is 1. The number of hydrogen-bond donors (Lipinski definition) is 2. The number of rotatable bonds is 4. The molecule has 1 saturated heterocycles. The maximum Gasteiger partial charge on any atom is 0.220 e. The predicted molar refractivity (Wildman–Crippen MR) is 76.4 cm³/mol. The zero-order chi connectivity index (χ0) is 13.8. The second-order valence-corrected chi connectivity index (χ2v) is 7.03. The van der Waals surface area contributed by atoms with E-state index < -0.39 is 0 Å². The van der Waals surface area contributed by atoms with E-state index in [9.17, 15) is 4.79 Å². The first kappa shape index (κ1) is 15.5. The fourth-order valence-electron chi connectivity index (χ4n) is 2.15. The zero-order valence-corrected chi connectivity index (χ0v) is 12.7. The van der Waals surface area contributed by atoms with Gasteiger partial charge in [-0.3, -0.25) is 4.79 Å². The molecule has 1 aliphatic heterocycles. The summed E-state index contributed by atoms with van der Waals surface area (Å²) in [6.07, 6.45) is 3.09. The lowest BCUT2D eigenvalue weighted by Crippen LogP contribution is -2.42. The number of hydrogen-bond acceptors (Lipinski definition) is 2. The fraction of sp³-hybridized carbons (Fsp3) is 0.933. The van der Waals surface area contributed by atoms with Crippen molar-refractivity contribution >= 4 is 5.91 Å². The molecule has 3 heteroatoms. The van der Waals surface area contributed by atoms with Gasteiger partial charge in [0.05, 0.1) is 0 Å². The van der Waals surface area contributed by atoms with Crippen LogP contribution in [0.3, 0.4) is 0 Å². The van der Waals surface area contributed by atoms with E-state index in [4.69, 9.17) is 0 Å². The van der Waals surface area contributed by atoms with Crippen molar-refractivity contribution in [3.63, 3.8) is 0 Å². The number of carbonyl (C=O) groups is 1. The van der Waals surface area contributed by atoms with E-state index in [1.54, 1.807) is 0 Å². The van der Waals surface area contributed by atoms with E-state index in [1.165, 1.54) is 12.8 Å². The van der Waals surface area contributed by atoms with Crippen molar-refractivity contribution in [1.29, 1.82) is 0 Å². The summed E-state index contributed by atoms with van der Waals surface area (Å²) in [5.74, 6) is 1.23. The third kappa shape index (κ3) is 5.38. The first-order valence-electron chi connectivity index (χ1n) is 7.29. The molecular formula is C15H30N2O. The Kier molecular flexibility index (Phi) is 5.64. The van der Waals surface area contributed by atoms with E-state index >= 15 is 0 Å². The summed E-state index contributed by atoms with van der Waals surface area (Å²) in [4.78, 5) is 11.9. The summed E-state index contributed by atoms with van der Waals surface area (Å²) in [7, 11) is 0. The van der Waals surface area contributed by atoms with E-state index in [0.29, 0.717) is 24.3 Å². The standard InChI is InChI=1S/C15H30N2O/c1-11(15(3,4)5)8-14(18)17-10-13-7-6-12(2)16-9-13/h11-13,16H,6-10H2,1-5H3,(H,17,18). The van der Waals surface area contributed by atoms with Gasteiger partial charge in [0.15, 0.2) is 0 Å². The minimum absolute atomic E-state index is 0.205. The molecule has 0 bridgehead atoms. The molecule has 18 heavy (non-hydrogen) atoms. The Hall–Kier alpha value is -0.570. The maximum atomic E-state index is 11.9. The van der Waals surface area contributed by atoms with Crippen LogP contribution in [0.1, 0.15) is 53.9 Å². The molecule has 1 amide bonds. The molecule has 0 aromatic carbocycles. The molecule has 0 aromatic rings. The van der Waals surface area contributed by atoms with Crippen molar-refractivity contribution < 1.29 is 4.79 Å². The van der Waals surface area contributed by atoms with Crippen molar-refractivity contribution in [2.75, 3.05) is 13.1 Å². The van der Waals surface area contributed by atoms with Crippen LogP contribution >= 0.6 is 0 Å². The predicted octanol–water partition coefficient (Wildman–Crippen LogP) is 2.56. The van der Waals surface area contributed by atoms with Crippen LogP contribution in [0.4, 0.5) is 0 Å². The molecule has 1 heterocycles. The number of nitrogens with one attached hydrogen (secondary N) is 2. The SMILES string of the molecule is CC1CCC(CNC(=O)CC(C)C(C)(C)C)CN1. The second-order valence-electron chi connectivity index (χ2n) is 7.03. The molecule has 3 atom stereocenters. The highest BCUT2D eigenvalue weighted by Gasteiger charge is 2.23. The quantitative estimate of drug-likeness (QED) is 0.809.